The molecule has 1 heterocycles. The highest BCUT2D eigenvalue weighted by Gasteiger charge is 2.57. The molecule has 0 aromatic heterocycles. The summed E-state index contributed by atoms with van der Waals surface area (Å²) in [7, 11) is 0. The molecule has 4 nitrogen and oxygen atoms in total. The van der Waals surface area contributed by atoms with Crippen LogP contribution in [0.1, 0.15) is 51.6 Å². The molecule has 1 aromatic rings. The molecule has 24 heavy (non-hydrogen) atoms. The number of hydrogen-bond donors (Lipinski definition) is 2. The minimum Gasteiger partial charge on any atom is -0.491 e. The van der Waals surface area contributed by atoms with Gasteiger partial charge in [-0.2, -0.15) is 0 Å². The Kier molecular flexibility index (Phi) is 6.16. The molecule has 0 bridgehead atoms. The summed E-state index contributed by atoms with van der Waals surface area (Å²) in [5.74, 6) is 1.29. The zero-order valence-corrected chi connectivity index (χ0v) is 15.6. The first-order valence-electron chi connectivity index (χ1n) is 8.78. The van der Waals surface area contributed by atoms with E-state index in [2.05, 4.69) is 10.6 Å². The van der Waals surface area contributed by atoms with Crippen LogP contribution in [0.2, 0.25) is 0 Å². The fraction of sp³-hybridized carbons (Fsp3) is 0.632. The van der Waals surface area contributed by atoms with E-state index in [9.17, 15) is 4.79 Å². The van der Waals surface area contributed by atoms with Gasteiger partial charge in [-0.1, -0.05) is 12.1 Å². The SMILES string of the molecule is CC(C)Oc1cccc(C(C)NC(=O)C2CC23CCNCC3)c1.Cl. The van der Waals surface area contributed by atoms with Crippen LogP contribution in [-0.2, 0) is 4.79 Å². The highest BCUT2D eigenvalue weighted by Crippen LogP contribution is 2.58. The summed E-state index contributed by atoms with van der Waals surface area (Å²) in [4.78, 5) is 12.6. The maximum atomic E-state index is 12.6. The Labute approximate surface area is 151 Å². The van der Waals surface area contributed by atoms with Gasteiger partial charge in [-0.05, 0) is 76.2 Å². The van der Waals surface area contributed by atoms with Crippen molar-refractivity contribution in [3.8, 4) is 5.75 Å². The van der Waals surface area contributed by atoms with Crippen LogP contribution in [-0.4, -0.2) is 25.1 Å². The number of piperidine rings is 1. The predicted molar refractivity (Wildman–Crippen MR) is 98.7 cm³/mol. The Hall–Kier alpha value is -1.26. The van der Waals surface area contributed by atoms with Crippen molar-refractivity contribution < 1.29 is 9.53 Å². The fourth-order valence-corrected chi connectivity index (χ4v) is 3.72. The molecule has 1 aromatic carbocycles. The Morgan fingerprint density at radius 2 is 2.00 bits per heavy atom. The van der Waals surface area contributed by atoms with Crippen LogP contribution < -0.4 is 15.4 Å². The van der Waals surface area contributed by atoms with Crippen molar-refractivity contribution >= 4 is 18.3 Å². The lowest BCUT2D eigenvalue weighted by atomic mass is 9.91. The van der Waals surface area contributed by atoms with E-state index in [1.54, 1.807) is 0 Å². The topological polar surface area (TPSA) is 50.4 Å². The summed E-state index contributed by atoms with van der Waals surface area (Å²) in [5, 5.41) is 6.58. The molecule has 134 valence electrons. The molecule has 3 rings (SSSR count). The van der Waals surface area contributed by atoms with Crippen LogP contribution in [0.4, 0.5) is 0 Å². The minimum absolute atomic E-state index is 0. The van der Waals surface area contributed by atoms with Gasteiger partial charge >= 0.3 is 0 Å². The van der Waals surface area contributed by atoms with Gasteiger partial charge in [0.25, 0.3) is 0 Å². The van der Waals surface area contributed by atoms with E-state index in [4.69, 9.17) is 4.74 Å². The van der Waals surface area contributed by atoms with Crippen molar-refractivity contribution in [3.05, 3.63) is 29.8 Å². The zero-order chi connectivity index (χ0) is 16.4. The Bertz CT molecular complexity index is 570. The van der Waals surface area contributed by atoms with E-state index in [-0.39, 0.29) is 41.8 Å². The normalized spacial score (nSPS) is 22.6. The van der Waals surface area contributed by atoms with Crippen LogP contribution >= 0.6 is 12.4 Å². The number of rotatable bonds is 5. The summed E-state index contributed by atoms with van der Waals surface area (Å²) >= 11 is 0. The number of carbonyl (C=O) groups excluding carboxylic acids is 1. The molecule has 2 atom stereocenters. The molecule has 1 saturated carbocycles. The molecular weight excluding hydrogens is 324 g/mol. The maximum absolute atomic E-state index is 12.6. The lowest BCUT2D eigenvalue weighted by Crippen LogP contribution is -2.34. The van der Waals surface area contributed by atoms with Gasteiger partial charge in [-0.15, -0.1) is 12.4 Å². The smallest absolute Gasteiger partial charge is 0.224 e. The molecule has 1 saturated heterocycles. The van der Waals surface area contributed by atoms with Gasteiger partial charge in [0.15, 0.2) is 0 Å². The quantitative estimate of drug-likeness (QED) is 0.853. The highest BCUT2D eigenvalue weighted by molar-refractivity contribution is 5.85. The summed E-state index contributed by atoms with van der Waals surface area (Å²) < 4.78 is 5.74. The second-order valence-corrected chi connectivity index (χ2v) is 7.34. The molecule has 2 unspecified atom stereocenters. The molecule has 1 aliphatic heterocycles. The molecule has 2 aliphatic rings. The Morgan fingerprint density at radius 3 is 2.67 bits per heavy atom. The molecular formula is C19H29ClN2O2. The van der Waals surface area contributed by atoms with Crippen LogP contribution in [0.15, 0.2) is 24.3 Å². The summed E-state index contributed by atoms with van der Waals surface area (Å²) in [6.45, 7) is 8.18. The van der Waals surface area contributed by atoms with Crippen LogP contribution in [0, 0.1) is 11.3 Å². The van der Waals surface area contributed by atoms with E-state index < -0.39 is 0 Å². The van der Waals surface area contributed by atoms with E-state index >= 15 is 0 Å². The molecule has 1 aliphatic carbocycles. The molecule has 2 N–H and O–H groups in total. The predicted octanol–water partition coefficient (Wildman–Crippen LogP) is 3.46. The van der Waals surface area contributed by atoms with Gasteiger partial charge in [-0.3, -0.25) is 4.79 Å². The van der Waals surface area contributed by atoms with Gasteiger partial charge in [0.05, 0.1) is 12.1 Å². The molecule has 5 heteroatoms. The van der Waals surface area contributed by atoms with Crippen LogP contribution in [0.25, 0.3) is 0 Å². The fourth-order valence-electron chi connectivity index (χ4n) is 3.72. The Balaban J connectivity index is 0.00000208. The van der Waals surface area contributed by atoms with Crippen LogP contribution in [0.3, 0.4) is 0 Å². The zero-order valence-electron chi connectivity index (χ0n) is 14.8. The number of halogens is 1. The van der Waals surface area contributed by atoms with E-state index in [1.807, 2.05) is 45.0 Å². The maximum Gasteiger partial charge on any atom is 0.224 e. The Morgan fingerprint density at radius 1 is 1.29 bits per heavy atom. The van der Waals surface area contributed by atoms with Crippen molar-refractivity contribution in [2.24, 2.45) is 11.3 Å². The standard InChI is InChI=1S/C19H28N2O2.ClH/c1-13(2)23-16-6-4-5-15(11-16)14(3)21-18(22)17-12-19(17)7-9-20-10-8-19;/h4-6,11,13-14,17,20H,7-10,12H2,1-3H3,(H,21,22);1H. The van der Waals surface area contributed by atoms with Gasteiger partial charge in [0, 0.05) is 5.92 Å². The van der Waals surface area contributed by atoms with Crippen molar-refractivity contribution in [1.82, 2.24) is 10.6 Å². The first-order chi connectivity index (χ1) is 11.0. The first kappa shape index (κ1) is 19.1. The lowest BCUT2D eigenvalue weighted by Gasteiger charge is -2.24. The number of ether oxygens (including phenoxy) is 1. The van der Waals surface area contributed by atoms with Crippen molar-refractivity contribution in [2.45, 2.75) is 52.2 Å². The third-order valence-electron chi connectivity index (χ3n) is 5.19. The molecule has 0 radical (unpaired) electrons. The summed E-state index contributed by atoms with van der Waals surface area (Å²) in [5.41, 5.74) is 1.38. The van der Waals surface area contributed by atoms with Crippen molar-refractivity contribution in [2.75, 3.05) is 13.1 Å². The highest BCUT2D eigenvalue weighted by atomic mass is 35.5. The minimum atomic E-state index is 0. The number of benzene rings is 1. The van der Waals surface area contributed by atoms with E-state index in [0.717, 1.165) is 43.7 Å². The lowest BCUT2D eigenvalue weighted by molar-refractivity contribution is -0.123. The van der Waals surface area contributed by atoms with E-state index in [0.29, 0.717) is 0 Å². The van der Waals surface area contributed by atoms with Crippen molar-refractivity contribution in [3.63, 3.8) is 0 Å². The third-order valence-corrected chi connectivity index (χ3v) is 5.19. The molecule has 2 fully saturated rings. The summed E-state index contributed by atoms with van der Waals surface area (Å²) in [6, 6.07) is 8.03. The number of hydrogen-bond acceptors (Lipinski definition) is 3. The largest absolute Gasteiger partial charge is 0.491 e. The molecule has 1 amide bonds. The monoisotopic (exact) mass is 352 g/mol. The van der Waals surface area contributed by atoms with Gasteiger partial charge in [-0.25, -0.2) is 0 Å². The molecule has 1 spiro atoms. The third kappa shape index (κ3) is 4.22. The summed E-state index contributed by atoms with van der Waals surface area (Å²) in [6.07, 6.45) is 3.49. The second kappa shape index (κ2) is 7.75. The number of amides is 1. The average molecular weight is 353 g/mol. The average Bonchev–Trinajstić information content (AvgIpc) is 3.21. The number of carbonyl (C=O) groups is 1. The first-order valence-corrected chi connectivity index (χ1v) is 8.78. The van der Waals surface area contributed by atoms with Gasteiger partial charge in [0.1, 0.15) is 5.75 Å². The van der Waals surface area contributed by atoms with Crippen molar-refractivity contribution in [1.29, 1.82) is 0 Å². The number of nitrogens with one attached hydrogen (secondary N) is 2. The van der Waals surface area contributed by atoms with E-state index in [1.165, 1.54) is 0 Å². The van der Waals surface area contributed by atoms with Gasteiger partial charge < -0.3 is 15.4 Å². The van der Waals surface area contributed by atoms with Crippen LogP contribution in [0.5, 0.6) is 5.75 Å². The second-order valence-electron chi connectivity index (χ2n) is 7.34. The van der Waals surface area contributed by atoms with Gasteiger partial charge in [0.2, 0.25) is 5.91 Å².